The molecule has 0 radical (unpaired) electrons. The Morgan fingerprint density at radius 1 is 1.13 bits per heavy atom. The summed E-state index contributed by atoms with van der Waals surface area (Å²) in [4.78, 5) is 16.7. The number of amides is 1. The maximum Gasteiger partial charge on any atom is 0.407 e. The third-order valence-electron chi connectivity index (χ3n) is 4.83. The predicted molar refractivity (Wildman–Crippen MR) is 115 cm³/mol. The quantitative estimate of drug-likeness (QED) is 0.599. The molecular formula is C22H22ClN5O2. The average molecular weight is 424 g/mol. The van der Waals surface area contributed by atoms with E-state index in [0.717, 1.165) is 35.4 Å². The van der Waals surface area contributed by atoms with Gasteiger partial charge in [-0.1, -0.05) is 61.3 Å². The standard InChI is InChI=1S/C22H22ClN5O2/c1-2-3-12-30-22(29)25-14-20-27-26-19-13-24-21(15-8-4-6-10-17(15)23)16-9-5-7-11-18(16)28(19)20/h4-11H,2-3,12-14H2,1H3,(H,25,29). The molecule has 0 saturated heterocycles. The molecule has 3 aromatic rings. The molecule has 0 bridgehead atoms. The summed E-state index contributed by atoms with van der Waals surface area (Å²) in [5.41, 5.74) is 3.49. The van der Waals surface area contributed by atoms with Gasteiger partial charge in [0.05, 0.1) is 24.6 Å². The third kappa shape index (κ3) is 4.07. The lowest BCUT2D eigenvalue weighted by Gasteiger charge is -2.14. The number of benzene rings is 2. The van der Waals surface area contributed by atoms with E-state index in [0.29, 0.717) is 29.8 Å². The molecule has 0 aliphatic carbocycles. The fraction of sp³-hybridized carbons (Fsp3) is 0.273. The summed E-state index contributed by atoms with van der Waals surface area (Å²) in [6.07, 6.45) is 1.34. The minimum atomic E-state index is -0.462. The number of carbonyl (C=O) groups is 1. The lowest BCUT2D eigenvalue weighted by Crippen LogP contribution is -2.26. The molecule has 154 valence electrons. The van der Waals surface area contributed by atoms with Crippen molar-refractivity contribution >= 4 is 23.4 Å². The summed E-state index contributed by atoms with van der Waals surface area (Å²) in [5.74, 6) is 1.31. The van der Waals surface area contributed by atoms with Gasteiger partial charge in [-0.15, -0.1) is 10.2 Å². The van der Waals surface area contributed by atoms with Gasteiger partial charge in [-0.2, -0.15) is 0 Å². The SMILES string of the molecule is CCCCOC(=O)NCc1nnc2n1-c1ccccc1C(c1ccccc1Cl)=NC2. The Labute approximate surface area is 179 Å². The number of nitrogens with zero attached hydrogens (tertiary/aromatic N) is 4. The molecule has 30 heavy (non-hydrogen) atoms. The first-order chi connectivity index (χ1) is 14.7. The zero-order valence-corrected chi connectivity index (χ0v) is 17.4. The van der Waals surface area contributed by atoms with E-state index < -0.39 is 6.09 Å². The van der Waals surface area contributed by atoms with Crippen LogP contribution < -0.4 is 5.32 Å². The topological polar surface area (TPSA) is 81.4 Å². The van der Waals surface area contributed by atoms with E-state index in [-0.39, 0.29) is 6.54 Å². The molecule has 1 aliphatic rings. The van der Waals surface area contributed by atoms with Crippen LogP contribution in [0.4, 0.5) is 4.79 Å². The van der Waals surface area contributed by atoms with E-state index in [4.69, 9.17) is 21.3 Å². The van der Waals surface area contributed by atoms with E-state index >= 15 is 0 Å². The summed E-state index contributed by atoms with van der Waals surface area (Å²) >= 11 is 6.45. The second kappa shape index (κ2) is 9.09. The van der Waals surface area contributed by atoms with Crippen LogP contribution in [0.3, 0.4) is 0 Å². The molecule has 0 saturated carbocycles. The van der Waals surface area contributed by atoms with Crippen LogP contribution in [0.1, 0.15) is 42.5 Å². The number of alkyl carbamates (subject to hydrolysis) is 1. The zero-order valence-electron chi connectivity index (χ0n) is 16.6. The van der Waals surface area contributed by atoms with Gasteiger partial charge in [0.15, 0.2) is 11.6 Å². The molecular weight excluding hydrogens is 402 g/mol. The number of nitrogens with one attached hydrogen (secondary N) is 1. The van der Waals surface area contributed by atoms with Gasteiger partial charge < -0.3 is 10.1 Å². The average Bonchev–Trinajstić information content (AvgIpc) is 3.09. The van der Waals surface area contributed by atoms with Crippen LogP contribution >= 0.6 is 11.6 Å². The smallest absolute Gasteiger partial charge is 0.407 e. The molecule has 0 spiro atoms. The first-order valence-electron chi connectivity index (χ1n) is 9.92. The molecule has 0 unspecified atom stereocenters. The van der Waals surface area contributed by atoms with E-state index in [1.54, 1.807) is 0 Å². The fourth-order valence-corrected chi connectivity index (χ4v) is 3.57. The van der Waals surface area contributed by atoms with Crippen molar-refractivity contribution in [1.29, 1.82) is 0 Å². The van der Waals surface area contributed by atoms with E-state index in [9.17, 15) is 4.79 Å². The number of para-hydroxylation sites is 1. The first kappa shape index (κ1) is 20.1. The number of carbonyl (C=O) groups excluding carboxylic acids is 1. The number of fused-ring (bicyclic) bond motifs is 3. The van der Waals surface area contributed by atoms with Gasteiger partial charge >= 0.3 is 6.09 Å². The third-order valence-corrected chi connectivity index (χ3v) is 5.16. The Bertz CT molecular complexity index is 1090. The number of hydrogen-bond acceptors (Lipinski definition) is 5. The van der Waals surface area contributed by atoms with Gasteiger partial charge in [0, 0.05) is 16.1 Å². The van der Waals surface area contributed by atoms with Crippen LogP contribution in [0, 0.1) is 0 Å². The second-order valence-electron chi connectivity index (χ2n) is 6.87. The van der Waals surface area contributed by atoms with Crippen LogP contribution in [0.15, 0.2) is 53.5 Å². The van der Waals surface area contributed by atoms with Crippen molar-refractivity contribution in [2.75, 3.05) is 6.61 Å². The molecule has 4 rings (SSSR count). The van der Waals surface area contributed by atoms with Gasteiger partial charge in [-0.05, 0) is 18.6 Å². The van der Waals surface area contributed by atoms with Crippen molar-refractivity contribution in [1.82, 2.24) is 20.1 Å². The summed E-state index contributed by atoms with van der Waals surface area (Å²) in [6, 6.07) is 15.6. The number of aliphatic imine (C=N–C) groups is 1. The van der Waals surface area contributed by atoms with Crippen molar-refractivity contribution in [3.05, 3.63) is 76.3 Å². The number of halogens is 1. The Hall–Kier alpha value is -3.19. The van der Waals surface area contributed by atoms with Crippen LogP contribution in [-0.4, -0.2) is 33.2 Å². The van der Waals surface area contributed by atoms with Crippen molar-refractivity contribution in [3.63, 3.8) is 0 Å². The molecule has 8 heteroatoms. The molecule has 1 N–H and O–H groups in total. The lowest BCUT2D eigenvalue weighted by atomic mass is 10.0. The number of aromatic nitrogens is 3. The highest BCUT2D eigenvalue weighted by atomic mass is 35.5. The van der Waals surface area contributed by atoms with Gasteiger partial charge in [0.2, 0.25) is 0 Å². The molecule has 7 nitrogen and oxygen atoms in total. The normalized spacial score (nSPS) is 12.4. The molecule has 2 heterocycles. The molecule has 1 amide bonds. The van der Waals surface area contributed by atoms with Crippen LogP contribution in [0.5, 0.6) is 0 Å². The van der Waals surface area contributed by atoms with Crippen molar-refractivity contribution < 1.29 is 9.53 Å². The highest BCUT2D eigenvalue weighted by Gasteiger charge is 2.23. The largest absolute Gasteiger partial charge is 0.450 e. The molecule has 0 fully saturated rings. The highest BCUT2D eigenvalue weighted by Crippen LogP contribution is 2.28. The Morgan fingerprint density at radius 2 is 1.90 bits per heavy atom. The summed E-state index contributed by atoms with van der Waals surface area (Å²) in [7, 11) is 0. The van der Waals surface area contributed by atoms with Crippen molar-refractivity contribution in [2.24, 2.45) is 4.99 Å². The molecule has 1 aromatic heterocycles. The highest BCUT2D eigenvalue weighted by molar-refractivity contribution is 6.35. The number of hydrogen-bond donors (Lipinski definition) is 1. The van der Waals surface area contributed by atoms with Gasteiger partial charge in [0.25, 0.3) is 0 Å². The fourth-order valence-electron chi connectivity index (χ4n) is 3.35. The maximum atomic E-state index is 11.9. The van der Waals surface area contributed by atoms with Gasteiger partial charge in [-0.25, -0.2) is 4.79 Å². The van der Waals surface area contributed by atoms with Gasteiger partial charge in [0.1, 0.15) is 6.54 Å². The lowest BCUT2D eigenvalue weighted by molar-refractivity contribution is 0.143. The number of ether oxygens (including phenoxy) is 1. The zero-order chi connectivity index (χ0) is 20.9. The monoisotopic (exact) mass is 423 g/mol. The maximum absolute atomic E-state index is 11.9. The Morgan fingerprint density at radius 3 is 2.70 bits per heavy atom. The molecule has 0 atom stereocenters. The molecule has 1 aliphatic heterocycles. The Balaban J connectivity index is 1.65. The summed E-state index contributed by atoms with van der Waals surface area (Å²) < 4.78 is 7.10. The number of rotatable bonds is 6. The van der Waals surface area contributed by atoms with Crippen LogP contribution in [-0.2, 0) is 17.8 Å². The Kier molecular flexibility index (Phi) is 6.09. The summed E-state index contributed by atoms with van der Waals surface area (Å²) in [5, 5.41) is 12.0. The minimum Gasteiger partial charge on any atom is -0.450 e. The van der Waals surface area contributed by atoms with Crippen molar-refractivity contribution in [3.8, 4) is 5.69 Å². The van der Waals surface area contributed by atoms with E-state index in [2.05, 4.69) is 15.5 Å². The number of unbranched alkanes of at least 4 members (excludes halogenated alkanes) is 1. The first-order valence-corrected chi connectivity index (χ1v) is 10.3. The van der Waals surface area contributed by atoms with E-state index in [1.807, 2.05) is 60.0 Å². The minimum absolute atomic E-state index is 0.202. The van der Waals surface area contributed by atoms with Crippen LogP contribution in [0.25, 0.3) is 5.69 Å². The van der Waals surface area contributed by atoms with Crippen molar-refractivity contribution in [2.45, 2.75) is 32.9 Å². The van der Waals surface area contributed by atoms with Crippen LogP contribution in [0.2, 0.25) is 5.02 Å². The van der Waals surface area contributed by atoms with E-state index in [1.165, 1.54) is 0 Å². The predicted octanol–water partition coefficient (Wildman–Crippen LogP) is 4.30. The second-order valence-corrected chi connectivity index (χ2v) is 7.28. The molecule has 2 aromatic carbocycles. The van der Waals surface area contributed by atoms with Gasteiger partial charge in [-0.3, -0.25) is 9.56 Å². The summed E-state index contributed by atoms with van der Waals surface area (Å²) in [6.45, 7) is 3.00.